The summed E-state index contributed by atoms with van der Waals surface area (Å²) in [5.74, 6) is -2.48. The Hall–Kier alpha value is -3.27. The van der Waals surface area contributed by atoms with Crippen LogP contribution in [0.1, 0.15) is 34.5 Å². The van der Waals surface area contributed by atoms with Crippen LogP contribution in [0.3, 0.4) is 0 Å². The Bertz CT molecular complexity index is 2030. The Morgan fingerprint density at radius 3 is 2.13 bits per heavy atom. The summed E-state index contributed by atoms with van der Waals surface area (Å²) in [5.41, 5.74) is 10.4. The van der Waals surface area contributed by atoms with Crippen molar-refractivity contribution in [3.8, 4) is 0 Å². The predicted molar refractivity (Wildman–Crippen MR) is 167 cm³/mol. The number of phosphoric acid groups is 3. The molecule has 0 bridgehead atoms. The third-order valence-electron chi connectivity index (χ3n) is 7.90. The summed E-state index contributed by atoms with van der Waals surface area (Å²) in [6, 6.07) is 0.961. The Labute approximate surface area is 300 Å². The topological polar surface area (TPSA) is 422 Å². The zero-order valence-electron chi connectivity index (χ0n) is 27.0. The normalized spacial score (nSPS) is 28.8. The van der Waals surface area contributed by atoms with Gasteiger partial charge in [-0.25, -0.2) is 28.6 Å². The number of nitrogens with zero attached hydrogens (tertiary/aromatic N) is 5. The zero-order chi connectivity index (χ0) is 39.9. The van der Waals surface area contributed by atoms with Gasteiger partial charge in [-0.2, -0.15) is 8.88 Å². The van der Waals surface area contributed by atoms with Crippen LogP contribution in [0.2, 0.25) is 0 Å². The van der Waals surface area contributed by atoms with Gasteiger partial charge in [-0.05, 0) is 0 Å². The maximum Gasteiger partial charge on any atom is 0.481 e. The van der Waals surface area contributed by atoms with Crippen LogP contribution in [0, 0.1) is 0 Å². The lowest BCUT2D eigenvalue weighted by atomic mass is 10.0. The number of hydrogen-bond donors (Lipinski definition) is 11. The van der Waals surface area contributed by atoms with Gasteiger partial charge in [-0.3, -0.25) is 27.7 Å². The van der Waals surface area contributed by atoms with Gasteiger partial charge in [0.25, 0.3) is 12.1 Å². The number of carbonyl (C=O) groups is 2. The van der Waals surface area contributed by atoms with E-state index in [0.717, 1.165) is 29.4 Å². The maximum atomic E-state index is 12.6. The van der Waals surface area contributed by atoms with Crippen LogP contribution in [-0.4, -0.2) is 133 Å². The number of aliphatic hydroxyl groups excluding tert-OH is 5. The van der Waals surface area contributed by atoms with Gasteiger partial charge in [0.1, 0.15) is 60.6 Å². The highest BCUT2D eigenvalue weighted by molar-refractivity contribution is 7.61. The van der Waals surface area contributed by atoms with E-state index in [1.807, 2.05) is 0 Å². The second-order valence-corrected chi connectivity index (χ2v) is 15.8. The molecule has 0 saturated carbocycles. The van der Waals surface area contributed by atoms with E-state index >= 15 is 0 Å². The number of rotatable bonds is 16. The number of ether oxygens (including phenoxy) is 2. The first-order valence-electron chi connectivity index (χ1n) is 15.0. The van der Waals surface area contributed by atoms with E-state index in [2.05, 4.69) is 28.3 Å². The van der Waals surface area contributed by atoms with Crippen molar-refractivity contribution in [2.24, 2.45) is 5.73 Å². The molecule has 2 saturated heterocycles. The molecule has 2 aliphatic rings. The lowest BCUT2D eigenvalue weighted by Crippen LogP contribution is -2.47. The van der Waals surface area contributed by atoms with Gasteiger partial charge in [0, 0.05) is 11.6 Å². The van der Waals surface area contributed by atoms with Crippen molar-refractivity contribution in [1.29, 1.82) is 0 Å². The number of nitrogen functional groups attached to an aromatic ring is 1. The van der Waals surface area contributed by atoms with Crippen LogP contribution < -0.4 is 16.0 Å². The predicted octanol–water partition coefficient (Wildman–Crippen LogP) is -4.30. The molecule has 3 aromatic heterocycles. The number of Topliss-reactive ketones (excluding diaryl/α,β-unsaturated/α-hetero) is 1. The van der Waals surface area contributed by atoms with Crippen LogP contribution in [0.25, 0.3) is 11.2 Å². The molecule has 11 atom stereocenters. The van der Waals surface area contributed by atoms with E-state index in [4.69, 9.17) is 35.3 Å². The molecule has 1 amide bonds. The largest absolute Gasteiger partial charge is 0.481 e. The summed E-state index contributed by atoms with van der Waals surface area (Å²) in [6.45, 7) is -3.28. The molecule has 0 aromatic carbocycles. The van der Waals surface area contributed by atoms with Gasteiger partial charge in [-0.1, -0.05) is 0 Å². The van der Waals surface area contributed by atoms with Crippen LogP contribution in [0.15, 0.2) is 31.1 Å². The van der Waals surface area contributed by atoms with Crippen LogP contribution in [0.5, 0.6) is 0 Å². The Morgan fingerprint density at radius 1 is 0.907 bits per heavy atom. The summed E-state index contributed by atoms with van der Waals surface area (Å²) >= 11 is 0. The van der Waals surface area contributed by atoms with Gasteiger partial charge in [0.2, 0.25) is 0 Å². The van der Waals surface area contributed by atoms with Crippen molar-refractivity contribution >= 4 is 52.1 Å². The standard InChI is InChI=1S/C24H32N7O20P3/c25-20-14-22(28-7-27-20)31(8-29-14)24-19(37)17(35)13(50-24)6-48-54(44,45)51-53(42,43)47-5-12-16(34)18(36)23(49-12)30-2-1-9(10(3-30)21(26)38)15(33)11(32)4-46-52(39,40)41/h1-3,7-8,12-13,15-19,23-24,33-37H,4-6H2,(H7-,25,26,27,28,38,39,40,41,42,43,44,45)/p+1. The van der Waals surface area contributed by atoms with Crippen molar-refractivity contribution < 1.29 is 100 Å². The molecule has 5 heterocycles. The molecule has 2 aliphatic heterocycles. The molecule has 30 heteroatoms. The molecular formula is C24H33N7O20P3+. The number of aromatic nitrogens is 5. The molecule has 3 aromatic rings. The van der Waals surface area contributed by atoms with Crippen molar-refractivity contribution in [2.75, 3.05) is 25.6 Å². The number of aliphatic hydroxyl groups is 5. The van der Waals surface area contributed by atoms with E-state index in [9.17, 15) is 58.6 Å². The molecule has 27 nitrogen and oxygen atoms in total. The number of carbonyl (C=O) groups excluding carboxylic acids is 2. The SMILES string of the molecule is NC(=O)c1c[n+](C2OC(COP(=O)(O)OP(=O)(O)OCC3OC(n4cnc5c(N)ncnc54)C(O)C3O)C(O)C2O)ccc1C(O)C(=O)COP(=O)(O)O. The summed E-state index contributed by atoms with van der Waals surface area (Å²) in [7, 11) is -16.1. The summed E-state index contributed by atoms with van der Waals surface area (Å²) in [6.07, 6.45) is -11.1. The molecule has 11 unspecified atom stereocenters. The zero-order valence-corrected chi connectivity index (χ0v) is 29.6. The average Bonchev–Trinajstić information content (AvgIpc) is 3.74. The molecule has 2 fully saturated rings. The minimum absolute atomic E-state index is 0.0139. The lowest BCUT2D eigenvalue weighted by Gasteiger charge is -2.20. The number of anilines is 1. The first kappa shape index (κ1) is 41.9. The number of phosphoric ester groups is 3. The lowest BCUT2D eigenvalue weighted by molar-refractivity contribution is -0.765. The number of ketones is 1. The molecular weight excluding hydrogens is 799 g/mol. The number of fused-ring (bicyclic) bond motifs is 1. The Morgan fingerprint density at radius 2 is 1.52 bits per heavy atom. The molecule has 13 N–H and O–H groups in total. The first-order chi connectivity index (χ1) is 25.1. The van der Waals surface area contributed by atoms with Gasteiger partial charge in [-0.15, -0.1) is 0 Å². The summed E-state index contributed by atoms with van der Waals surface area (Å²) < 4.78 is 66.8. The van der Waals surface area contributed by atoms with Crippen LogP contribution >= 0.6 is 23.5 Å². The highest BCUT2D eigenvalue weighted by Gasteiger charge is 2.50. The van der Waals surface area contributed by atoms with E-state index in [0.29, 0.717) is 0 Å². The second-order valence-electron chi connectivity index (χ2n) is 11.5. The molecule has 5 rings (SSSR count). The number of amides is 1. The molecule has 0 aliphatic carbocycles. The van der Waals surface area contributed by atoms with Crippen LogP contribution in [0.4, 0.5) is 5.82 Å². The fourth-order valence-electron chi connectivity index (χ4n) is 5.30. The van der Waals surface area contributed by atoms with Crippen molar-refractivity contribution in [3.05, 3.63) is 42.2 Å². The van der Waals surface area contributed by atoms with Gasteiger partial charge >= 0.3 is 23.5 Å². The number of hydrogen-bond acceptors (Lipinski definition) is 20. The second kappa shape index (κ2) is 16.1. The van der Waals surface area contributed by atoms with Crippen molar-refractivity contribution in [3.63, 3.8) is 0 Å². The number of primary amides is 1. The Balaban J connectivity index is 1.17. The van der Waals surface area contributed by atoms with Crippen molar-refractivity contribution in [1.82, 2.24) is 19.5 Å². The molecule has 0 radical (unpaired) electrons. The highest BCUT2D eigenvalue weighted by Crippen LogP contribution is 2.60. The van der Waals surface area contributed by atoms with E-state index in [1.165, 1.54) is 10.9 Å². The van der Waals surface area contributed by atoms with Gasteiger partial charge in [0.15, 0.2) is 42.0 Å². The number of nitrogens with two attached hydrogens (primary N) is 2. The first-order valence-corrected chi connectivity index (χ1v) is 19.5. The van der Waals surface area contributed by atoms with E-state index in [1.54, 1.807) is 0 Å². The molecule has 54 heavy (non-hydrogen) atoms. The third kappa shape index (κ3) is 9.39. The molecule has 298 valence electrons. The smallest absolute Gasteiger partial charge is 0.387 e. The minimum Gasteiger partial charge on any atom is -0.387 e. The Kier molecular flexibility index (Phi) is 12.5. The van der Waals surface area contributed by atoms with Crippen LogP contribution in [-0.2, 0) is 45.8 Å². The average molecular weight is 832 g/mol. The fraction of sp³-hybridized carbons (Fsp3) is 0.500. The highest BCUT2D eigenvalue weighted by atomic mass is 31.3. The fourth-order valence-corrected chi connectivity index (χ4v) is 7.69. The van der Waals surface area contributed by atoms with E-state index < -0.39 is 121 Å². The summed E-state index contributed by atoms with van der Waals surface area (Å²) in [5, 5.41) is 52.5. The third-order valence-corrected chi connectivity index (χ3v) is 11.0. The van der Waals surface area contributed by atoms with Gasteiger partial charge in [0.05, 0.1) is 19.5 Å². The van der Waals surface area contributed by atoms with Gasteiger partial charge < -0.3 is 66.0 Å². The number of pyridine rings is 1. The maximum absolute atomic E-state index is 12.6. The van der Waals surface area contributed by atoms with Crippen molar-refractivity contribution in [2.45, 2.75) is 55.2 Å². The quantitative estimate of drug-likeness (QED) is 0.0480. The molecule has 0 spiro atoms. The number of imidazole rings is 1. The minimum atomic E-state index is -5.53. The monoisotopic (exact) mass is 832 g/mol. The van der Waals surface area contributed by atoms with E-state index in [-0.39, 0.29) is 17.0 Å². The summed E-state index contributed by atoms with van der Waals surface area (Å²) in [4.78, 5) is 73.9.